The van der Waals surface area contributed by atoms with Gasteiger partial charge in [0.05, 0.1) is 5.92 Å². The highest BCUT2D eigenvalue weighted by Gasteiger charge is 2.19. The first kappa shape index (κ1) is 12.4. The molecule has 0 aliphatic heterocycles. The van der Waals surface area contributed by atoms with E-state index in [1.165, 1.54) is 0 Å². The summed E-state index contributed by atoms with van der Waals surface area (Å²) in [6, 6.07) is 14.9. The van der Waals surface area contributed by atoms with E-state index in [1.807, 2.05) is 30.3 Å². The number of nitrogens with zero attached hydrogens (tertiary/aromatic N) is 1. The summed E-state index contributed by atoms with van der Waals surface area (Å²) < 4.78 is 5.72. The van der Waals surface area contributed by atoms with Gasteiger partial charge in [0.15, 0.2) is 5.58 Å². The fourth-order valence-corrected chi connectivity index (χ4v) is 2.16. The average Bonchev–Trinajstić information content (AvgIpc) is 2.91. The van der Waals surface area contributed by atoms with Crippen LogP contribution in [0.15, 0.2) is 52.9 Å². The Bertz CT molecular complexity index is 762. The van der Waals surface area contributed by atoms with Crippen molar-refractivity contribution in [1.29, 1.82) is 0 Å². The van der Waals surface area contributed by atoms with E-state index in [0.717, 1.165) is 5.56 Å². The lowest BCUT2D eigenvalue weighted by atomic mass is 10.0. The van der Waals surface area contributed by atoms with E-state index in [0.29, 0.717) is 22.6 Å². The summed E-state index contributed by atoms with van der Waals surface area (Å²) in [6.45, 7) is 1.65. The Morgan fingerprint density at radius 2 is 1.90 bits per heavy atom. The smallest absolute Gasteiger partial charge is 0.310 e. The van der Waals surface area contributed by atoms with Crippen molar-refractivity contribution in [3.63, 3.8) is 0 Å². The first-order valence-corrected chi connectivity index (χ1v) is 6.34. The molecule has 1 atom stereocenters. The molecule has 0 saturated heterocycles. The Balaban J connectivity index is 2.17. The molecule has 1 heterocycles. The Hall–Kier alpha value is -2.62. The van der Waals surface area contributed by atoms with Crippen molar-refractivity contribution in [2.75, 3.05) is 0 Å². The summed E-state index contributed by atoms with van der Waals surface area (Å²) in [5.74, 6) is -0.986. The maximum absolute atomic E-state index is 11.2. The molecule has 1 aromatic heterocycles. The molecule has 0 radical (unpaired) electrons. The van der Waals surface area contributed by atoms with Crippen molar-refractivity contribution < 1.29 is 14.3 Å². The number of para-hydroxylation sites is 1. The van der Waals surface area contributed by atoms with Crippen molar-refractivity contribution >= 4 is 17.1 Å². The third kappa shape index (κ3) is 2.05. The number of hydrogen-bond donors (Lipinski definition) is 1. The Morgan fingerprint density at radius 1 is 1.15 bits per heavy atom. The van der Waals surface area contributed by atoms with E-state index in [9.17, 15) is 4.79 Å². The van der Waals surface area contributed by atoms with Crippen LogP contribution in [0.25, 0.3) is 22.6 Å². The number of fused-ring (bicyclic) bond motifs is 1. The number of carbonyl (C=O) groups is 1. The number of aliphatic carboxylic acids is 1. The first-order chi connectivity index (χ1) is 9.66. The van der Waals surface area contributed by atoms with E-state index in [1.54, 1.807) is 25.1 Å². The van der Waals surface area contributed by atoms with Gasteiger partial charge in [-0.3, -0.25) is 4.79 Å². The van der Waals surface area contributed by atoms with Crippen LogP contribution in [0.2, 0.25) is 0 Å². The quantitative estimate of drug-likeness (QED) is 0.786. The molecule has 3 rings (SSSR count). The van der Waals surface area contributed by atoms with Gasteiger partial charge in [-0.15, -0.1) is 0 Å². The molecule has 0 aliphatic rings. The molecule has 3 aromatic rings. The van der Waals surface area contributed by atoms with E-state index in [2.05, 4.69) is 4.98 Å². The molecule has 1 N–H and O–H groups in total. The van der Waals surface area contributed by atoms with Crippen LogP contribution >= 0.6 is 0 Å². The van der Waals surface area contributed by atoms with Crippen molar-refractivity contribution in [3.8, 4) is 11.5 Å². The summed E-state index contributed by atoms with van der Waals surface area (Å²) in [6.07, 6.45) is 0. The highest BCUT2D eigenvalue weighted by molar-refractivity contribution is 5.86. The van der Waals surface area contributed by atoms with Crippen molar-refractivity contribution in [2.24, 2.45) is 0 Å². The van der Waals surface area contributed by atoms with Gasteiger partial charge in [0.1, 0.15) is 5.52 Å². The molecule has 4 heteroatoms. The van der Waals surface area contributed by atoms with Gasteiger partial charge in [-0.25, -0.2) is 4.98 Å². The first-order valence-electron chi connectivity index (χ1n) is 6.34. The predicted octanol–water partition coefficient (Wildman–Crippen LogP) is 3.68. The summed E-state index contributed by atoms with van der Waals surface area (Å²) in [4.78, 5) is 15.6. The van der Waals surface area contributed by atoms with Crippen LogP contribution in [-0.4, -0.2) is 16.1 Å². The lowest BCUT2D eigenvalue weighted by Crippen LogP contribution is -2.07. The average molecular weight is 267 g/mol. The number of aromatic nitrogens is 1. The zero-order valence-electron chi connectivity index (χ0n) is 10.9. The third-order valence-corrected chi connectivity index (χ3v) is 3.31. The number of rotatable bonds is 3. The van der Waals surface area contributed by atoms with Crippen LogP contribution in [0.5, 0.6) is 0 Å². The highest BCUT2D eigenvalue weighted by Crippen LogP contribution is 2.29. The molecule has 4 nitrogen and oxygen atoms in total. The predicted molar refractivity (Wildman–Crippen MR) is 75.5 cm³/mol. The third-order valence-electron chi connectivity index (χ3n) is 3.31. The van der Waals surface area contributed by atoms with Crippen molar-refractivity contribution in [3.05, 3.63) is 54.1 Å². The molecule has 0 fully saturated rings. The molecule has 2 aromatic carbocycles. The van der Waals surface area contributed by atoms with Gasteiger partial charge >= 0.3 is 5.97 Å². The lowest BCUT2D eigenvalue weighted by molar-refractivity contribution is -0.138. The van der Waals surface area contributed by atoms with Gasteiger partial charge in [0, 0.05) is 5.56 Å². The van der Waals surface area contributed by atoms with Gasteiger partial charge in [-0.05, 0) is 30.7 Å². The van der Waals surface area contributed by atoms with Gasteiger partial charge in [0.2, 0.25) is 5.89 Å². The molecule has 0 spiro atoms. The van der Waals surface area contributed by atoms with Crippen molar-refractivity contribution in [2.45, 2.75) is 12.8 Å². The minimum atomic E-state index is -0.873. The zero-order chi connectivity index (χ0) is 14.1. The monoisotopic (exact) mass is 267 g/mol. The van der Waals surface area contributed by atoms with Crippen LogP contribution in [-0.2, 0) is 4.79 Å². The standard InChI is InChI=1S/C16H13NO3/c1-10(16(18)19)12-8-5-9-13-14(12)17-15(20-13)11-6-3-2-4-7-11/h2-10H,1H3,(H,18,19)/t10-/m0/s1. The Labute approximate surface area is 115 Å². The van der Waals surface area contributed by atoms with E-state index >= 15 is 0 Å². The summed E-state index contributed by atoms with van der Waals surface area (Å²) >= 11 is 0. The van der Waals surface area contributed by atoms with E-state index in [4.69, 9.17) is 9.52 Å². The Kier molecular flexibility index (Phi) is 2.99. The van der Waals surface area contributed by atoms with Gasteiger partial charge in [0.25, 0.3) is 0 Å². The molecular formula is C16H13NO3. The molecule has 20 heavy (non-hydrogen) atoms. The van der Waals surface area contributed by atoms with Gasteiger partial charge in [-0.1, -0.05) is 30.3 Å². The minimum Gasteiger partial charge on any atom is -0.481 e. The summed E-state index contributed by atoms with van der Waals surface area (Å²) in [7, 11) is 0. The normalized spacial score (nSPS) is 12.4. The fourth-order valence-electron chi connectivity index (χ4n) is 2.16. The number of carboxylic acid groups (broad SMARTS) is 1. The number of hydrogen-bond acceptors (Lipinski definition) is 3. The van der Waals surface area contributed by atoms with Crippen LogP contribution in [0.4, 0.5) is 0 Å². The van der Waals surface area contributed by atoms with Crippen LogP contribution in [0.1, 0.15) is 18.4 Å². The van der Waals surface area contributed by atoms with Gasteiger partial charge in [-0.2, -0.15) is 0 Å². The molecule has 100 valence electrons. The lowest BCUT2D eigenvalue weighted by Gasteiger charge is -2.05. The molecular weight excluding hydrogens is 254 g/mol. The largest absolute Gasteiger partial charge is 0.481 e. The molecule has 0 bridgehead atoms. The van der Waals surface area contributed by atoms with E-state index < -0.39 is 11.9 Å². The van der Waals surface area contributed by atoms with Crippen LogP contribution in [0, 0.1) is 0 Å². The van der Waals surface area contributed by atoms with Gasteiger partial charge < -0.3 is 9.52 Å². The summed E-state index contributed by atoms with van der Waals surface area (Å²) in [5, 5.41) is 9.16. The SMILES string of the molecule is C[C@H](C(=O)O)c1cccc2oc(-c3ccccc3)nc12. The second-order valence-electron chi connectivity index (χ2n) is 4.64. The molecule has 0 aliphatic carbocycles. The Morgan fingerprint density at radius 3 is 2.60 bits per heavy atom. The second-order valence-corrected chi connectivity index (χ2v) is 4.64. The molecule has 0 saturated carbocycles. The van der Waals surface area contributed by atoms with Crippen LogP contribution < -0.4 is 0 Å². The van der Waals surface area contributed by atoms with Crippen molar-refractivity contribution in [1.82, 2.24) is 4.98 Å². The number of benzene rings is 2. The zero-order valence-corrected chi connectivity index (χ0v) is 10.9. The summed E-state index contributed by atoms with van der Waals surface area (Å²) in [5.41, 5.74) is 2.76. The molecule has 0 amide bonds. The maximum atomic E-state index is 11.2. The van der Waals surface area contributed by atoms with Crippen LogP contribution in [0.3, 0.4) is 0 Å². The second kappa shape index (κ2) is 4.81. The van der Waals surface area contributed by atoms with E-state index in [-0.39, 0.29) is 0 Å². The number of oxazole rings is 1. The maximum Gasteiger partial charge on any atom is 0.310 e. The highest BCUT2D eigenvalue weighted by atomic mass is 16.4. The minimum absolute atomic E-state index is 0.505. The topological polar surface area (TPSA) is 63.3 Å². The fraction of sp³-hybridized carbons (Fsp3) is 0.125. The number of carboxylic acids is 1. The molecule has 0 unspecified atom stereocenters.